The largest absolute Gasteiger partial charge is 0.435 e. The van der Waals surface area contributed by atoms with Crippen LogP contribution in [0.25, 0.3) is 0 Å². The molecule has 1 heterocycles. The zero-order chi connectivity index (χ0) is 22.3. The van der Waals surface area contributed by atoms with Crippen LogP contribution in [0, 0.1) is 0 Å². The average molecular weight is 454 g/mol. The maximum absolute atomic E-state index is 12.4. The number of alkyl halides is 2. The normalized spacial score (nSPS) is 15.7. The van der Waals surface area contributed by atoms with Gasteiger partial charge in [0.25, 0.3) is 0 Å². The Morgan fingerprint density at radius 2 is 1.71 bits per heavy atom. The Bertz CT molecular complexity index is 948. The van der Waals surface area contributed by atoms with Crippen LogP contribution in [0.15, 0.2) is 59.5 Å². The van der Waals surface area contributed by atoms with Crippen LogP contribution in [0.5, 0.6) is 5.75 Å². The molecule has 0 saturated carbocycles. The van der Waals surface area contributed by atoms with Crippen molar-refractivity contribution in [1.82, 2.24) is 14.9 Å². The summed E-state index contributed by atoms with van der Waals surface area (Å²) >= 11 is 0. The standard InChI is InChI=1S/C21H25F2N3O4S/c22-21(23)30-18-8-6-16(7-9-18)14-24-20(27)15-26-12-10-17(11-13-26)25-31(28,29)19-4-2-1-3-5-19/h1-9,17,21,25H,10-15H2,(H,24,27). The van der Waals surface area contributed by atoms with Crippen molar-refractivity contribution in [2.75, 3.05) is 19.6 Å². The number of halogens is 2. The quantitative estimate of drug-likeness (QED) is 0.609. The molecule has 2 aromatic rings. The minimum Gasteiger partial charge on any atom is -0.435 e. The zero-order valence-electron chi connectivity index (χ0n) is 16.8. The van der Waals surface area contributed by atoms with E-state index in [4.69, 9.17) is 0 Å². The number of rotatable bonds is 9. The third kappa shape index (κ3) is 7.27. The number of likely N-dealkylation sites (tertiary alicyclic amines) is 1. The first kappa shape index (κ1) is 23.1. The molecule has 1 amide bonds. The molecular weight excluding hydrogens is 428 g/mol. The summed E-state index contributed by atoms with van der Waals surface area (Å²) in [6, 6.07) is 14.2. The van der Waals surface area contributed by atoms with Gasteiger partial charge in [-0.1, -0.05) is 30.3 Å². The second-order valence-corrected chi connectivity index (χ2v) is 9.00. The van der Waals surface area contributed by atoms with Crippen LogP contribution in [0.2, 0.25) is 0 Å². The molecule has 1 aliphatic rings. The molecule has 0 aromatic heterocycles. The zero-order valence-corrected chi connectivity index (χ0v) is 17.7. The summed E-state index contributed by atoms with van der Waals surface area (Å²) < 4.78 is 56.2. The Kier molecular flexibility index (Phi) is 7.94. The predicted octanol–water partition coefficient (Wildman–Crippen LogP) is 2.35. The van der Waals surface area contributed by atoms with Gasteiger partial charge in [-0.05, 0) is 42.7 Å². The molecule has 168 valence electrons. The van der Waals surface area contributed by atoms with Gasteiger partial charge >= 0.3 is 6.61 Å². The fraction of sp³-hybridized carbons (Fsp3) is 0.381. The topological polar surface area (TPSA) is 87.7 Å². The number of amides is 1. The first-order chi connectivity index (χ1) is 14.8. The molecule has 0 atom stereocenters. The summed E-state index contributed by atoms with van der Waals surface area (Å²) in [5, 5.41) is 2.80. The highest BCUT2D eigenvalue weighted by molar-refractivity contribution is 7.89. The molecule has 0 unspecified atom stereocenters. The van der Waals surface area contributed by atoms with Crippen molar-refractivity contribution in [2.24, 2.45) is 0 Å². The highest BCUT2D eigenvalue weighted by Crippen LogP contribution is 2.16. The van der Waals surface area contributed by atoms with Gasteiger partial charge in [0.05, 0.1) is 11.4 Å². The molecule has 31 heavy (non-hydrogen) atoms. The molecular formula is C21H25F2N3O4S. The summed E-state index contributed by atoms with van der Waals surface area (Å²) in [4.78, 5) is 14.4. The van der Waals surface area contributed by atoms with Gasteiger partial charge in [-0.2, -0.15) is 8.78 Å². The van der Waals surface area contributed by atoms with E-state index in [1.54, 1.807) is 42.5 Å². The number of benzene rings is 2. The first-order valence-corrected chi connectivity index (χ1v) is 11.4. The summed E-state index contributed by atoms with van der Waals surface area (Å²) in [5.41, 5.74) is 0.768. The second kappa shape index (κ2) is 10.7. The van der Waals surface area contributed by atoms with E-state index in [2.05, 4.69) is 14.8 Å². The Labute approximate surface area is 180 Å². The van der Waals surface area contributed by atoms with Crippen molar-refractivity contribution in [3.63, 3.8) is 0 Å². The van der Waals surface area contributed by atoms with E-state index in [0.717, 1.165) is 5.56 Å². The average Bonchev–Trinajstić information content (AvgIpc) is 2.75. The van der Waals surface area contributed by atoms with Gasteiger partial charge in [-0.25, -0.2) is 13.1 Å². The van der Waals surface area contributed by atoms with Gasteiger partial charge in [-0.3, -0.25) is 9.69 Å². The SMILES string of the molecule is O=C(CN1CCC(NS(=O)(=O)c2ccccc2)CC1)NCc1ccc(OC(F)F)cc1. The van der Waals surface area contributed by atoms with E-state index < -0.39 is 16.6 Å². The van der Waals surface area contributed by atoms with Gasteiger partial charge in [0.15, 0.2) is 0 Å². The molecule has 0 radical (unpaired) electrons. The van der Waals surface area contributed by atoms with Gasteiger partial charge < -0.3 is 10.1 Å². The van der Waals surface area contributed by atoms with E-state index >= 15 is 0 Å². The lowest BCUT2D eigenvalue weighted by molar-refractivity contribution is -0.122. The maximum Gasteiger partial charge on any atom is 0.387 e. The van der Waals surface area contributed by atoms with E-state index in [1.165, 1.54) is 12.1 Å². The molecule has 1 aliphatic heterocycles. The van der Waals surface area contributed by atoms with Gasteiger partial charge in [0, 0.05) is 25.7 Å². The summed E-state index contributed by atoms with van der Waals surface area (Å²) in [6.45, 7) is -1.17. The minimum absolute atomic E-state index is 0.0656. The van der Waals surface area contributed by atoms with E-state index in [9.17, 15) is 22.0 Å². The Morgan fingerprint density at radius 1 is 1.06 bits per heavy atom. The number of nitrogens with zero attached hydrogens (tertiary/aromatic N) is 1. The number of ether oxygens (including phenoxy) is 1. The van der Waals surface area contributed by atoms with Crippen molar-refractivity contribution in [3.8, 4) is 5.75 Å². The molecule has 0 bridgehead atoms. The van der Waals surface area contributed by atoms with Crippen LogP contribution in [0.4, 0.5) is 8.78 Å². The third-order valence-electron chi connectivity index (χ3n) is 4.97. The van der Waals surface area contributed by atoms with E-state index in [0.29, 0.717) is 25.9 Å². The summed E-state index contributed by atoms with van der Waals surface area (Å²) in [5.74, 6) is -0.0907. The number of piperidine rings is 1. The first-order valence-electron chi connectivity index (χ1n) is 9.92. The number of hydrogen-bond acceptors (Lipinski definition) is 5. The molecule has 2 aromatic carbocycles. The lowest BCUT2D eigenvalue weighted by atomic mass is 10.1. The molecule has 0 aliphatic carbocycles. The summed E-state index contributed by atoms with van der Waals surface area (Å²) in [6.07, 6.45) is 1.23. The molecule has 7 nitrogen and oxygen atoms in total. The summed E-state index contributed by atoms with van der Waals surface area (Å²) in [7, 11) is -3.55. The fourth-order valence-corrected chi connectivity index (χ4v) is 4.67. The number of carbonyl (C=O) groups excluding carboxylic acids is 1. The van der Waals surface area contributed by atoms with Gasteiger partial charge in [0.1, 0.15) is 5.75 Å². The van der Waals surface area contributed by atoms with Crippen LogP contribution in [-0.4, -0.2) is 51.5 Å². The molecule has 2 N–H and O–H groups in total. The lowest BCUT2D eigenvalue weighted by Crippen LogP contribution is -2.47. The number of sulfonamides is 1. The number of hydrogen-bond donors (Lipinski definition) is 2. The number of carbonyl (C=O) groups is 1. The highest BCUT2D eigenvalue weighted by atomic mass is 32.2. The van der Waals surface area contributed by atoms with Gasteiger partial charge in [0.2, 0.25) is 15.9 Å². The van der Waals surface area contributed by atoms with Crippen molar-refractivity contribution in [3.05, 3.63) is 60.2 Å². The van der Waals surface area contributed by atoms with Crippen molar-refractivity contribution >= 4 is 15.9 Å². The lowest BCUT2D eigenvalue weighted by Gasteiger charge is -2.31. The van der Waals surface area contributed by atoms with Crippen molar-refractivity contribution < 1.29 is 26.7 Å². The van der Waals surface area contributed by atoms with Gasteiger partial charge in [-0.15, -0.1) is 0 Å². The van der Waals surface area contributed by atoms with Crippen LogP contribution in [0.1, 0.15) is 18.4 Å². The Morgan fingerprint density at radius 3 is 2.32 bits per heavy atom. The number of nitrogens with one attached hydrogen (secondary N) is 2. The Balaban J connectivity index is 1.39. The van der Waals surface area contributed by atoms with Crippen LogP contribution < -0.4 is 14.8 Å². The monoisotopic (exact) mass is 453 g/mol. The van der Waals surface area contributed by atoms with Crippen molar-refractivity contribution in [1.29, 1.82) is 0 Å². The third-order valence-corrected chi connectivity index (χ3v) is 6.50. The maximum atomic E-state index is 12.4. The molecule has 3 rings (SSSR count). The molecule has 0 spiro atoms. The highest BCUT2D eigenvalue weighted by Gasteiger charge is 2.25. The minimum atomic E-state index is -3.55. The molecule has 1 fully saturated rings. The Hall–Kier alpha value is -2.56. The fourth-order valence-electron chi connectivity index (χ4n) is 3.34. The van der Waals surface area contributed by atoms with Crippen LogP contribution >= 0.6 is 0 Å². The van der Waals surface area contributed by atoms with Crippen LogP contribution in [-0.2, 0) is 21.4 Å². The predicted molar refractivity (Wildman–Crippen MR) is 111 cm³/mol. The van der Waals surface area contributed by atoms with Crippen molar-refractivity contribution in [2.45, 2.75) is 36.9 Å². The van der Waals surface area contributed by atoms with E-state index in [-0.39, 0.29) is 35.7 Å². The van der Waals surface area contributed by atoms with E-state index in [1.807, 2.05) is 4.90 Å². The smallest absolute Gasteiger partial charge is 0.387 e. The second-order valence-electron chi connectivity index (χ2n) is 7.28. The molecule has 10 heteroatoms. The van der Waals surface area contributed by atoms with Crippen LogP contribution in [0.3, 0.4) is 0 Å². The molecule has 1 saturated heterocycles.